The van der Waals surface area contributed by atoms with Crippen molar-refractivity contribution in [3.8, 4) is 0 Å². The van der Waals surface area contributed by atoms with Gasteiger partial charge in [-0.1, -0.05) is 19.8 Å². The average Bonchev–Trinajstić information content (AvgIpc) is 2.61. The second-order valence-corrected chi connectivity index (χ2v) is 6.49. The van der Waals surface area contributed by atoms with Crippen LogP contribution < -0.4 is 0 Å². The molecule has 1 nitrogen and oxygen atoms in total. The highest BCUT2D eigenvalue weighted by Gasteiger charge is 2.56. The number of fused-ring (bicyclic) bond motifs is 3. The van der Waals surface area contributed by atoms with Gasteiger partial charge in [0.05, 0.1) is 5.60 Å². The summed E-state index contributed by atoms with van der Waals surface area (Å²) in [6.45, 7) is 5.96. The molecule has 0 unspecified atom stereocenters. The topological polar surface area (TPSA) is 9.23 Å². The van der Waals surface area contributed by atoms with Crippen LogP contribution in [0.5, 0.6) is 0 Å². The van der Waals surface area contributed by atoms with Crippen LogP contribution in [-0.2, 0) is 4.74 Å². The maximum absolute atomic E-state index is 6.06. The van der Waals surface area contributed by atoms with Gasteiger partial charge in [0, 0.05) is 6.61 Å². The van der Waals surface area contributed by atoms with Crippen molar-refractivity contribution in [3.05, 3.63) is 0 Å². The fourth-order valence-corrected chi connectivity index (χ4v) is 4.91. The van der Waals surface area contributed by atoms with Crippen molar-refractivity contribution >= 4 is 0 Å². The van der Waals surface area contributed by atoms with Crippen LogP contribution in [0.2, 0.25) is 0 Å². The summed E-state index contributed by atoms with van der Waals surface area (Å²) >= 11 is 0. The number of hydrogen-bond donors (Lipinski definition) is 0. The fraction of sp³-hybridized carbons (Fsp3) is 1.00. The molecule has 1 aliphatic heterocycles. The Hall–Kier alpha value is -0.0400. The standard InChI is InChI=1S/C14H24O/c1-13-8-4-3-5-11(13)6-9-14(2)12(13)7-10-15-14/h11-12H,3-10H2,1-2H3/t11-,12+,13+,14-/m1/s1. The Labute approximate surface area is 93.6 Å². The third kappa shape index (κ3) is 1.32. The molecule has 1 heterocycles. The van der Waals surface area contributed by atoms with Crippen LogP contribution in [0.1, 0.15) is 58.8 Å². The predicted octanol–water partition coefficient (Wildman–Crippen LogP) is 3.77. The quantitative estimate of drug-likeness (QED) is 0.589. The summed E-state index contributed by atoms with van der Waals surface area (Å²) in [4.78, 5) is 0. The molecular weight excluding hydrogens is 184 g/mol. The molecule has 0 amide bonds. The zero-order valence-electron chi connectivity index (χ0n) is 10.2. The molecule has 15 heavy (non-hydrogen) atoms. The zero-order valence-corrected chi connectivity index (χ0v) is 10.2. The van der Waals surface area contributed by atoms with Crippen molar-refractivity contribution in [1.29, 1.82) is 0 Å². The lowest BCUT2D eigenvalue weighted by Crippen LogP contribution is -2.51. The molecule has 2 saturated carbocycles. The third-order valence-electron chi connectivity index (χ3n) is 5.81. The van der Waals surface area contributed by atoms with Gasteiger partial charge >= 0.3 is 0 Å². The molecule has 2 aliphatic carbocycles. The molecule has 1 saturated heterocycles. The molecule has 0 radical (unpaired) electrons. The minimum absolute atomic E-state index is 0.239. The summed E-state index contributed by atoms with van der Waals surface area (Å²) in [5, 5.41) is 0. The highest BCUT2D eigenvalue weighted by molar-refractivity contribution is 5.06. The van der Waals surface area contributed by atoms with Crippen molar-refractivity contribution in [2.24, 2.45) is 17.3 Å². The molecule has 3 fully saturated rings. The second-order valence-electron chi connectivity index (χ2n) is 6.49. The summed E-state index contributed by atoms with van der Waals surface area (Å²) in [6.07, 6.45) is 9.94. The Morgan fingerprint density at radius 3 is 2.73 bits per heavy atom. The van der Waals surface area contributed by atoms with E-state index in [9.17, 15) is 0 Å². The highest BCUT2D eigenvalue weighted by atomic mass is 16.5. The number of rotatable bonds is 0. The van der Waals surface area contributed by atoms with Gasteiger partial charge in [-0.25, -0.2) is 0 Å². The molecule has 1 heteroatoms. The number of hydrogen-bond acceptors (Lipinski definition) is 1. The van der Waals surface area contributed by atoms with Gasteiger partial charge in [0.1, 0.15) is 0 Å². The van der Waals surface area contributed by atoms with E-state index in [4.69, 9.17) is 4.74 Å². The Morgan fingerprint density at radius 2 is 1.87 bits per heavy atom. The van der Waals surface area contributed by atoms with Crippen molar-refractivity contribution in [2.75, 3.05) is 6.61 Å². The minimum atomic E-state index is 0.239. The van der Waals surface area contributed by atoms with Gasteiger partial charge < -0.3 is 4.74 Å². The average molecular weight is 208 g/mol. The molecule has 0 aromatic rings. The van der Waals surface area contributed by atoms with E-state index in [-0.39, 0.29) is 5.60 Å². The largest absolute Gasteiger partial charge is 0.375 e. The van der Waals surface area contributed by atoms with Crippen LogP contribution >= 0.6 is 0 Å². The number of ether oxygens (including phenoxy) is 1. The van der Waals surface area contributed by atoms with E-state index in [1.165, 1.54) is 44.9 Å². The summed E-state index contributed by atoms with van der Waals surface area (Å²) < 4.78 is 6.06. The molecule has 86 valence electrons. The van der Waals surface area contributed by atoms with Crippen LogP contribution in [0.15, 0.2) is 0 Å². The lowest BCUT2D eigenvalue weighted by Gasteiger charge is -2.55. The maximum atomic E-state index is 6.06. The molecule has 0 N–H and O–H groups in total. The molecule has 0 spiro atoms. The smallest absolute Gasteiger partial charge is 0.0688 e. The predicted molar refractivity (Wildman–Crippen MR) is 61.8 cm³/mol. The van der Waals surface area contributed by atoms with Gasteiger partial charge in [-0.15, -0.1) is 0 Å². The molecule has 0 bridgehead atoms. The van der Waals surface area contributed by atoms with Crippen molar-refractivity contribution in [1.82, 2.24) is 0 Å². The highest BCUT2D eigenvalue weighted by Crippen LogP contribution is 2.60. The third-order valence-corrected chi connectivity index (χ3v) is 5.81. The summed E-state index contributed by atoms with van der Waals surface area (Å²) in [7, 11) is 0. The Bertz CT molecular complexity index is 262. The normalized spacial score (nSPS) is 54.8. The first-order valence-electron chi connectivity index (χ1n) is 6.79. The minimum Gasteiger partial charge on any atom is -0.375 e. The van der Waals surface area contributed by atoms with E-state index >= 15 is 0 Å². The lowest BCUT2D eigenvalue weighted by molar-refractivity contribution is -0.114. The van der Waals surface area contributed by atoms with Crippen molar-refractivity contribution in [2.45, 2.75) is 64.4 Å². The van der Waals surface area contributed by atoms with E-state index in [2.05, 4.69) is 13.8 Å². The Kier molecular flexibility index (Phi) is 2.18. The Morgan fingerprint density at radius 1 is 1.00 bits per heavy atom. The first-order valence-corrected chi connectivity index (χ1v) is 6.79. The molecule has 0 aromatic carbocycles. The van der Waals surface area contributed by atoms with E-state index in [1.54, 1.807) is 0 Å². The van der Waals surface area contributed by atoms with Crippen molar-refractivity contribution < 1.29 is 4.74 Å². The van der Waals surface area contributed by atoms with Gasteiger partial charge in [-0.05, 0) is 56.3 Å². The first-order chi connectivity index (χ1) is 7.15. The van der Waals surface area contributed by atoms with Crippen LogP contribution in [-0.4, -0.2) is 12.2 Å². The van der Waals surface area contributed by atoms with Gasteiger partial charge in [-0.3, -0.25) is 0 Å². The first kappa shape index (κ1) is 10.1. The molecular formula is C14H24O. The van der Waals surface area contributed by atoms with Crippen LogP contribution in [0.4, 0.5) is 0 Å². The SMILES string of the molecule is C[C@]12CCCC[C@@H]1CC[C@@]1(C)OCC[C@@H]21. The molecule has 3 aliphatic rings. The van der Waals surface area contributed by atoms with E-state index in [1.807, 2.05) is 0 Å². The second kappa shape index (κ2) is 3.23. The summed E-state index contributed by atoms with van der Waals surface area (Å²) in [5.41, 5.74) is 0.852. The monoisotopic (exact) mass is 208 g/mol. The maximum Gasteiger partial charge on any atom is 0.0688 e. The Balaban J connectivity index is 1.93. The van der Waals surface area contributed by atoms with Crippen LogP contribution in [0.25, 0.3) is 0 Å². The lowest BCUT2D eigenvalue weighted by atomic mass is 9.51. The van der Waals surface area contributed by atoms with Crippen LogP contribution in [0.3, 0.4) is 0 Å². The van der Waals surface area contributed by atoms with Gasteiger partial charge in [0.2, 0.25) is 0 Å². The van der Waals surface area contributed by atoms with E-state index in [0.717, 1.165) is 18.4 Å². The molecule has 0 aromatic heterocycles. The summed E-state index contributed by atoms with van der Waals surface area (Å²) in [6, 6.07) is 0. The van der Waals surface area contributed by atoms with Crippen LogP contribution in [0, 0.1) is 17.3 Å². The molecule has 3 rings (SSSR count). The van der Waals surface area contributed by atoms with E-state index < -0.39 is 0 Å². The van der Waals surface area contributed by atoms with Gasteiger partial charge in [0.15, 0.2) is 0 Å². The zero-order chi connectivity index (χ0) is 10.5. The molecule has 4 atom stereocenters. The van der Waals surface area contributed by atoms with Gasteiger partial charge in [0.25, 0.3) is 0 Å². The van der Waals surface area contributed by atoms with Gasteiger partial charge in [-0.2, -0.15) is 0 Å². The van der Waals surface area contributed by atoms with Crippen molar-refractivity contribution in [3.63, 3.8) is 0 Å². The summed E-state index contributed by atoms with van der Waals surface area (Å²) in [5.74, 6) is 1.86. The fourth-order valence-electron chi connectivity index (χ4n) is 4.91. The van der Waals surface area contributed by atoms with E-state index in [0.29, 0.717) is 5.41 Å².